The quantitative estimate of drug-likeness (QED) is 0.750. The fourth-order valence-corrected chi connectivity index (χ4v) is 2.11. The van der Waals surface area contributed by atoms with Gasteiger partial charge in [-0.05, 0) is 38.4 Å². The molecule has 1 amide bonds. The molecule has 0 aliphatic carbocycles. The fraction of sp³-hybridized carbons (Fsp3) is 0.278. The van der Waals surface area contributed by atoms with Gasteiger partial charge in [0.15, 0.2) is 0 Å². The zero-order valence-electron chi connectivity index (χ0n) is 14.6. The molecular weight excluding hydrogens is 320 g/mol. The van der Waals surface area contributed by atoms with Gasteiger partial charge in [0.2, 0.25) is 0 Å². The summed E-state index contributed by atoms with van der Waals surface area (Å²) in [4.78, 5) is 30.4. The number of aromatic nitrogens is 1. The van der Waals surface area contributed by atoms with E-state index < -0.39 is 5.97 Å². The van der Waals surface area contributed by atoms with Crippen LogP contribution in [0.2, 0.25) is 0 Å². The van der Waals surface area contributed by atoms with Crippen molar-refractivity contribution in [1.82, 2.24) is 9.88 Å². The number of benzene rings is 1. The van der Waals surface area contributed by atoms with Crippen LogP contribution in [0.25, 0.3) is 0 Å². The molecule has 2 rings (SSSR count). The maximum Gasteiger partial charge on any atom is 0.339 e. The summed E-state index contributed by atoms with van der Waals surface area (Å²) >= 11 is 0. The standard InChI is InChI=1S/C18H22N4O3/c1-22(2)11-10-19-16-9-8-13(12-20-16)17(23)21-15-7-5-4-6-14(15)18(24)25-3/h4-9,12H,10-11H2,1-3H3,(H,19,20)(H,21,23). The van der Waals surface area contributed by atoms with Crippen molar-refractivity contribution in [3.63, 3.8) is 0 Å². The van der Waals surface area contributed by atoms with E-state index in [-0.39, 0.29) is 5.91 Å². The Morgan fingerprint density at radius 1 is 1.16 bits per heavy atom. The summed E-state index contributed by atoms with van der Waals surface area (Å²) in [7, 11) is 5.29. The number of esters is 1. The summed E-state index contributed by atoms with van der Waals surface area (Å²) in [6, 6.07) is 10.1. The maximum atomic E-state index is 12.4. The molecule has 132 valence electrons. The third kappa shape index (κ3) is 5.29. The molecule has 7 heteroatoms. The normalized spacial score (nSPS) is 10.4. The summed E-state index contributed by atoms with van der Waals surface area (Å²) in [6.07, 6.45) is 1.49. The van der Waals surface area contributed by atoms with Gasteiger partial charge in [0.25, 0.3) is 5.91 Å². The fourth-order valence-electron chi connectivity index (χ4n) is 2.11. The average molecular weight is 342 g/mol. The minimum Gasteiger partial charge on any atom is -0.465 e. The van der Waals surface area contributed by atoms with Crippen molar-refractivity contribution < 1.29 is 14.3 Å². The van der Waals surface area contributed by atoms with Gasteiger partial charge in [-0.25, -0.2) is 9.78 Å². The number of nitrogens with zero attached hydrogens (tertiary/aromatic N) is 2. The molecule has 0 radical (unpaired) electrons. The Morgan fingerprint density at radius 3 is 2.56 bits per heavy atom. The number of pyridine rings is 1. The highest BCUT2D eigenvalue weighted by molar-refractivity contribution is 6.07. The molecular formula is C18H22N4O3. The smallest absolute Gasteiger partial charge is 0.339 e. The van der Waals surface area contributed by atoms with Crippen LogP contribution in [0.4, 0.5) is 11.5 Å². The second-order valence-corrected chi connectivity index (χ2v) is 5.65. The molecule has 1 heterocycles. The number of nitrogens with one attached hydrogen (secondary N) is 2. The molecule has 0 atom stereocenters. The number of rotatable bonds is 7. The van der Waals surface area contributed by atoms with Crippen LogP contribution in [0.3, 0.4) is 0 Å². The predicted octanol–water partition coefficient (Wildman–Crippen LogP) is 2.09. The second-order valence-electron chi connectivity index (χ2n) is 5.65. The lowest BCUT2D eigenvalue weighted by Gasteiger charge is -2.11. The number of anilines is 2. The largest absolute Gasteiger partial charge is 0.465 e. The highest BCUT2D eigenvalue weighted by Crippen LogP contribution is 2.17. The number of carbonyl (C=O) groups excluding carboxylic acids is 2. The Bertz CT molecular complexity index is 729. The van der Waals surface area contributed by atoms with Gasteiger partial charge in [0, 0.05) is 19.3 Å². The van der Waals surface area contributed by atoms with Crippen LogP contribution in [0.5, 0.6) is 0 Å². The zero-order valence-corrected chi connectivity index (χ0v) is 14.6. The van der Waals surface area contributed by atoms with Crippen molar-refractivity contribution in [3.8, 4) is 0 Å². The summed E-state index contributed by atoms with van der Waals surface area (Å²) in [5.74, 6) is -0.147. The Labute approximate surface area is 147 Å². The van der Waals surface area contributed by atoms with Crippen LogP contribution in [-0.2, 0) is 4.74 Å². The number of ether oxygens (including phenoxy) is 1. The first kappa shape index (κ1) is 18.4. The lowest BCUT2D eigenvalue weighted by molar-refractivity contribution is 0.0602. The number of para-hydroxylation sites is 1. The monoisotopic (exact) mass is 342 g/mol. The van der Waals surface area contributed by atoms with Crippen LogP contribution in [0.15, 0.2) is 42.6 Å². The number of methoxy groups -OCH3 is 1. The molecule has 0 spiro atoms. The minimum atomic E-state index is -0.505. The number of likely N-dealkylation sites (N-methyl/N-ethyl adjacent to an activating group) is 1. The van der Waals surface area contributed by atoms with Crippen molar-refractivity contribution in [2.75, 3.05) is 44.9 Å². The van der Waals surface area contributed by atoms with Crippen molar-refractivity contribution in [3.05, 3.63) is 53.7 Å². The molecule has 0 bridgehead atoms. The van der Waals surface area contributed by atoms with E-state index >= 15 is 0 Å². The first-order chi connectivity index (χ1) is 12.0. The predicted molar refractivity (Wildman–Crippen MR) is 97.0 cm³/mol. The second kappa shape index (κ2) is 8.79. The van der Waals surface area contributed by atoms with Crippen LogP contribution >= 0.6 is 0 Å². The van der Waals surface area contributed by atoms with Crippen molar-refractivity contribution in [2.24, 2.45) is 0 Å². The summed E-state index contributed by atoms with van der Waals surface area (Å²) < 4.78 is 4.72. The molecule has 25 heavy (non-hydrogen) atoms. The third-order valence-electron chi connectivity index (χ3n) is 3.47. The van der Waals surface area contributed by atoms with E-state index in [9.17, 15) is 9.59 Å². The van der Waals surface area contributed by atoms with Crippen LogP contribution in [-0.4, -0.2) is 56.1 Å². The molecule has 1 aromatic carbocycles. The summed E-state index contributed by atoms with van der Waals surface area (Å²) in [6.45, 7) is 1.65. The number of amides is 1. The first-order valence-corrected chi connectivity index (χ1v) is 7.84. The molecule has 2 aromatic rings. The molecule has 0 aliphatic heterocycles. The molecule has 0 unspecified atom stereocenters. The van der Waals surface area contributed by atoms with Gasteiger partial charge in [-0.1, -0.05) is 12.1 Å². The van der Waals surface area contributed by atoms with Crippen LogP contribution in [0.1, 0.15) is 20.7 Å². The summed E-state index contributed by atoms with van der Waals surface area (Å²) in [5, 5.41) is 5.89. The molecule has 2 N–H and O–H groups in total. The number of hydrogen-bond acceptors (Lipinski definition) is 6. The SMILES string of the molecule is COC(=O)c1ccccc1NC(=O)c1ccc(NCCN(C)C)nc1. The highest BCUT2D eigenvalue weighted by atomic mass is 16.5. The third-order valence-corrected chi connectivity index (χ3v) is 3.47. The van der Waals surface area contributed by atoms with E-state index in [0.29, 0.717) is 22.6 Å². The molecule has 7 nitrogen and oxygen atoms in total. The Balaban J connectivity index is 2.03. The van der Waals surface area contributed by atoms with E-state index in [1.807, 2.05) is 14.1 Å². The topological polar surface area (TPSA) is 83.6 Å². The lowest BCUT2D eigenvalue weighted by atomic mass is 10.1. The van der Waals surface area contributed by atoms with Crippen molar-refractivity contribution >= 4 is 23.4 Å². The summed E-state index contributed by atoms with van der Waals surface area (Å²) in [5.41, 5.74) is 1.10. The Morgan fingerprint density at radius 2 is 1.92 bits per heavy atom. The van der Waals surface area contributed by atoms with Gasteiger partial charge in [0.05, 0.1) is 23.9 Å². The number of hydrogen-bond donors (Lipinski definition) is 2. The van der Waals surface area contributed by atoms with Crippen molar-refractivity contribution in [1.29, 1.82) is 0 Å². The lowest BCUT2D eigenvalue weighted by Crippen LogP contribution is -2.21. The van der Waals surface area contributed by atoms with Gasteiger partial charge < -0.3 is 20.3 Å². The van der Waals surface area contributed by atoms with Gasteiger partial charge >= 0.3 is 5.97 Å². The average Bonchev–Trinajstić information content (AvgIpc) is 2.61. The van der Waals surface area contributed by atoms with Gasteiger partial charge in [-0.15, -0.1) is 0 Å². The van der Waals surface area contributed by atoms with Gasteiger partial charge in [0.1, 0.15) is 5.82 Å². The molecule has 0 aliphatic rings. The minimum absolute atomic E-state index is 0.299. The van der Waals surface area contributed by atoms with E-state index in [0.717, 1.165) is 13.1 Å². The van der Waals surface area contributed by atoms with E-state index in [4.69, 9.17) is 4.74 Å². The number of carbonyl (C=O) groups is 2. The molecule has 0 saturated carbocycles. The van der Waals surface area contributed by atoms with E-state index in [1.54, 1.807) is 36.4 Å². The van der Waals surface area contributed by atoms with Gasteiger partial charge in [-0.3, -0.25) is 4.79 Å². The van der Waals surface area contributed by atoms with Crippen LogP contribution < -0.4 is 10.6 Å². The Hall–Kier alpha value is -2.93. The molecule has 0 fully saturated rings. The Kier molecular flexibility index (Phi) is 6.47. The zero-order chi connectivity index (χ0) is 18.2. The molecule has 1 aromatic heterocycles. The van der Waals surface area contributed by atoms with E-state index in [2.05, 4.69) is 20.5 Å². The maximum absolute atomic E-state index is 12.4. The highest BCUT2D eigenvalue weighted by Gasteiger charge is 2.14. The first-order valence-electron chi connectivity index (χ1n) is 7.84. The van der Waals surface area contributed by atoms with Crippen molar-refractivity contribution in [2.45, 2.75) is 0 Å². The molecule has 0 saturated heterocycles. The van der Waals surface area contributed by atoms with Gasteiger partial charge in [-0.2, -0.15) is 0 Å². The van der Waals surface area contributed by atoms with E-state index in [1.165, 1.54) is 13.3 Å². The van der Waals surface area contributed by atoms with Crippen LogP contribution in [0, 0.1) is 0 Å².